The van der Waals surface area contributed by atoms with E-state index < -0.39 is 155 Å². The third kappa shape index (κ3) is 25.2. The fourth-order valence-electron chi connectivity index (χ4n) is 17.3. The number of carbonyl (C=O) groups is 14. The minimum absolute atomic E-state index is 0.0601. The first-order valence-electron chi connectivity index (χ1n) is 45.5. The minimum atomic E-state index is -2.38. The highest BCUT2D eigenvalue weighted by molar-refractivity contribution is 6.39. The highest BCUT2D eigenvalue weighted by Crippen LogP contribution is 2.47. The van der Waals surface area contributed by atoms with E-state index in [-0.39, 0.29) is 81.8 Å². The van der Waals surface area contributed by atoms with Gasteiger partial charge in [0.2, 0.25) is 29.2 Å². The van der Waals surface area contributed by atoms with Crippen LogP contribution in [0.1, 0.15) is 161 Å². The van der Waals surface area contributed by atoms with Gasteiger partial charge in [-0.3, -0.25) is 28.8 Å². The number of Topliss-reactive ketones (excluding diaryl/α,β-unsaturated/α-hetero) is 2. The molecule has 3 saturated heterocycles. The van der Waals surface area contributed by atoms with Gasteiger partial charge in [0.15, 0.2) is 35.2 Å². The van der Waals surface area contributed by atoms with E-state index in [1.807, 2.05) is 109 Å². The van der Waals surface area contributed by atoms with Crippen LogP contribution in [0.5, 0.6) is 23.0 Å². The molecule has 3 heterocycles. The molecule has 0 saturated carbocycles. The molecule has 732 valence electrons. The summed E-state index contributed by atoms with van der Waals surface area (Å²) in [6, 6.07) is 48.5. The lowest BCUT2D eigenvalue weighted by molar-refractivity contribution is -0.165. The number of amides is 6. The summed E-state index contributed by atoms with van der Waals surface area (Å²) in [6.45, 7) is 14.8. The Bertz CT molecular complexity index is 5870. The number of ketones is 2. The van der Waals surface area contributed by atoms with Crippen molar-refractivity contribution in [3.63, 3.8) is 0 Å². The van der Waals surface area contributed by atoms with Crippen LogP contribution in [0.3, 0.4) is 0 Å². The van der Waals surface area contributed by atoms with E-state index in [4.69, 9.17) is 56.8 Å². The van der Waals surface area contributed by atoms with Gasteiger partial charge in [0.1, 0.15) is 62.8 Å². The van der Waals surface area contributed by atoms with Gasteiger partial charge in [0.25, 0.3) is 11.8 Å². The Hall–Kier alpha value is -15.1. The Morgan fingerprint density at radius 2 is 0.878 bits per heavy atom. The number of fused-ring (bicyclic) bond motifs is 6. The van der Waals surface area contributed by atoms with E-state index in [0.717, 1.165) is 67.8 Å². The molecule has 8 atom stereocenters. The van der Waals surface area contributed by atoms with Crippen LogP contribution in [0.2, 0.25) is 0 Å². The number of methoxy groups -OCH3 is 4. The second-order valence-corrected chi connectivity index (χ2v) is 35.6. The van der Waals surface area contributed by atoms with Gasteiger partial charge in [-0.25, -0.2) is 38.4 Å². The topological polar surface area (TPSA) is 445 Å². The molecule has 0 spiro atoms. The lowest BCUT2D eigenvalue weighted by Crippen LogP contribution is -2.54. The van der Waals surface area contributed by atoms with Crippen LogP contribution >= 0.6 is 0 Å². The molecule has 0 aromatic heterocycles. The van der Waals surface area contributed by atoms with Crippen molar-refractivity contribution in [3.8, 4) is 45.3 Å². The van der Waals surface area contributed by atoms with E-state index >= 15 is 0 Å². The number of carbonyl (C=O) groups excluding carboxylic acids is 13. The Balaban J connectivity index is 0.000000249. The summed E-state index contributed by atoms with van der Waals surface area (Å²) in [4.78, 5) is 189. The van der Waals surface area contributed by atoms with Crippen molar-refractivity contribution < 1.29 is 134 Å². The molecule has 2 aliphatic carbocycles. The number of benzene rings is 8. The molecule has 8 aromatic carbocycles. The van der Waals surface area contributed by atoms with Crippen molar-refractivity contribution in [2.75, 3.05) is 78.6 Å². The largest absolute Gasteiger partial charge is 0.493 e. The van der Waals surface area contributed by atoms with Gasteiger partial charge in [0.05, 0.1) is 39.3 Å². The molecular formula is C105H114N6O28. The van der Waals surface area contributed by atoms with E-state index in [9.17, 15) is 77.3 Å². The number of aryl methyl sites for hydroxylation is 2. The second kappa shape index (κ2) is 46.2. The zero-order chi connectivity index (χ0) is 100. The zero-order valence-corrected chi connectivity index (χ0v) is 78.9. The van der Waals surface area contributed by atoms with Crippen LogP contribution in [0.4, 0.5) is 21.0 Å². The average molecular weight is 1910 g/mol. The number of nitrogens with one attached hydrogen (secondary N) is 4. The number of anilines is 2. The van der Waals surface area contributed by atoms with Crippen molar-refractivity contribution in [3.05, 3.63) is 252 Å². The molecule has 13 rings (SSSR count). The standard InChI is InChI=1S/C54H59N3O14.C51H55N3O14/c1-8-44(58)68-31-53(2,3)47(59)49(61)57-27-14-13-22-40(57)50(62)69-41(25-23-32-24-26-42(65-6)43(28-32)66-7)33-16-15-17-34(29-33)55-48(60)45(46-51(63)71-54(4,5)70-46)56-52(64)67-30-39-37-20-11-9-18-35(37)36-19-10-12-21-38(36)39;1-6-42(55)67-29-51(2,3)45(57)47(59)54-25-12-11-20-38(54)49(62)68-39(23-21-30-22-24-40(64-4)41(26-30)65-5)31-14-13-15-32(27-31)52-46(58)43(44(56)48(60)61)53-50(63)66-28-37-35-18-9-7-16-33(35)34-17-8-10-19-36(34)37/h8-12,15-21,24,26,28-29,39-41,45-46H,1,13-14,22-23,25,27,30-31H2,2-7H3,(H,55,60)(H,56,64);6-10,13-19,22,24,26-27,37-39,43-44,56H,1,11-12,20-21,23,25,28-29H2,2-5H3,(H,52,58)(H,53,63)(H,60,61)/t40-,41+,45?,46?;38-,39+,43?,44?/m00/s1. The number of esters is 5. The highest BCUT2D eigenvalue weighted by atomic mass is 16.8. The molecular weight excluding hydrogens is 1790 g/mol. The van der Waals surface area contributed by atoms with Crippen LogP contribution in [0.15, 0.2) is 207 Å². The van der Waals surface area contributed by atoms with E-state index in [1.165, 1.54) is 91.9 Å². The van der Waals surface area contributed by atoms with E-state index in [0.29, 0.717) is 72.6 Å². The number of hydrogen-bond donors (Lipinski definition) is 6. The lowest BCUT2D eigenvalue weighted by Gasteiger charge is -2.36. The summed E-state index contributed by atoms with van der Waals surface area (Å²) in [5.74, 6) is -11.2. The quantitative estimate of drug-likeness (QED) is 0.00902. The first kappa shape index (κ1) is 103. The molecule has 6 amide bonds. The third-order valence-corrected chi connectivity index (χ3v) is 24.7. The molecule has 4 unspecified atom stereocenters. The third-order valence-electron chi connectivity index (χ3n) is 24.7. The number of aliphatic carboxylic acids is 1. The van der Waals surface area contributed by atoms with E-state index in [1.54, 1.807) is 60.7 Å². The molecule has 8 aromatic rings. The van der Waals surface area contributed by atoms with Crippen molar-refractivity contribution in [2.24, 2.45) is 10.8 Å². The van der Waals surface area contributed by atoms with Crippen LogP contribution in [0.25, 0.3) is 22.3 Å². The SMILES string of the molecule is C=CC(=O)OCC(C)(C)C(=O)C(=O)N1CCCC[C@H]1C(=O)O[C@H](CCc1ccc(OC)c(OC)c1)c1cccc(NC(=O)C(NC(=O)OCC2c3ccccc3-c3ccccc32)C(O)C(=O)O)c1.C=CC(=O)OCC(C)(C)C(=O)C(=O)N1CCCC[C@H]1C(=O)O[C@H](CCc1ccc(OC)c(OC)c1)c1cccc(NC(=O)C(NC(=O)OCC2c3ccccc3-c3ccccc32)C2OC(C)(C)OC2=O)c1. The summed E-state index contributed by atoms with van der Waals surface area (Å²) in [6.07, 6.45) is -2.44. The number of cyclic esters (lactones) is 1. The van der Waals surface area contributed by atoms with Gasteiger partial charge in [-0.15, -0.1) is 0 Å². The highest BCUT2D eigenvalue weighted by Gasteiger charge is 2.50. The number of aliphatic hydroxyl groups is 1. The molecule has 0 radical (unpaired) electrons. The predicted molar refractivity (Wildman–Crippen MR) is 505 cm³/mol. The summed E-state index contributed by atoms with van der Waals surface area (Å²) in [5.41, 5.74) is 7.78. The van der Waals surface area contributed by atoms with Crippen molar-refractivity contribution >= 4 is 94.6 Å². The number of nitrogens with zero attached hydrogens (tertiary/aromatic N) is 2. The molecule has 34 nitrogen and oxygen atoms in total. The first-order chi connectivity index (χ1) is 66.5. The summed E-state index contributed by atoms with van der Waals surface area (Å²) in [5, 5.41) is 30.5. The number of likely N-dealkylation sites (tertiary alicyclic amines) is 2. The maximum absolute atomic E-state index is 14.3. The molecule has 6 N–H and O–H groups in total. The fraction of sp³-hybridized carbons (Fsp3) is 0.371. The normalized spacial score (nSPS) is 16.7. The van der Waals surface area contributed by atoms with Gasteiger partial charge < -0.3 is 98.1 Å². The van der Waals surface area contributed by atoms with E-state index in [2.05, 4.69) is 34.4 Å². The van der Waals surface area contributed by atoms with Gasteiger partial charge in [0, 0.05) is 62.3 Å². The molecule has 0 bridgehead atoms. The summed E-state index contributed by atoms with van der Waals surface area (Å²) >= 11 is 0. The Labute approximate surface area is 803 Å². The van der Waals surface area contributed by atoms with Crippen molar-refractivity contribution in [1.29, 1.82) is 0 Å². The van der Waals surface area contributed by atoms with Gasteiger partial charge in [-0.05, 0) is 207 Å². The van der Waals surface area contributed by atoms with Gasteiger partial charge >= 0.3 is 48.0 Å². The molecule has 3 fully saturated rings. The number of ether oxygens (including phenoxy) is 12. The number of aliphatic hydroxyl groups excluding tert-OH is 1. The zero-order valence-electron chi connectivity index (χ0n) is 78.9. The number of alkyl carbamates (subject to hydrolysis) is 2. The first-order valence-corrected chi connectivity index (χ1v) is 45.5. The van der Waals surface area contributed by atoms with Crippen LogP contribution in [-0.2, 0) is 108 Å². The van der Waals surface area contributed by atoms with Crippen molar-refractivity contribution in [1.82, 2.24) is 20.4 Å². The number of piperidine rings is 2. The van der Waals surface area contributed by atoms with Gasteiger partial charge in [-0.1, -0.05) is 147 Å². The molecule has 5 aliphatic rings. The average Bonchev–Trinajstić information content (AvgIpc) is 1.61. The van der Waals surface area contributed by atoms with Crippen LogP contribution in [-0.4, -0.2) is 213 Å². The fourth-order valence-corrected chi connectivity index (χ4v) is 17.3. The number of carboxylic acid groups (broad SMARTS) is 1. The summed E-state index contributed by atoms with van der Waals surface area (Å²) < 4.78 is 67.0. The Morgan fingerprint density at radius 3 is 1.25 bits per heavy atom. The smallest absolute Gasteiger partial charge is 0.407 e. The van der Waals surface area contributed by atoms with Gasteiger partial charge in [-0.2, -0.15) is 0 Å². The molecule has 3 aliphatic heterocycles. The molecule has 34 heteroatoms. The maximum atomic E-state index is 14.3. The number of hydrogen-bond acceptors (Lipinski definition) is 27. The predicted octanol–water partition coefficient (Wildman–Crippen LogP) is 13.1. The maximum Gasteiger partial charge on any atom is 0.407 e. The van der Waals surface area contributed by atoms with Crippen LogP contribution in [0, 0.1) is 10.8 Å². The monoisotopic (exact) mass is 1910 g/mol. The van der Waals surface area contributed by atoms with Crippen molar-refractivity contribution in [2.45, 2.75) is 172 Å². The van der Waals surface area contributed by atoms with Crippen LogP contribution < -0.4 is 40.2 Å². The number of carboxylic acids is 1. The second-order valence-electron chi connectivity index (χ2n) is 35.6. The molecule has 139 heavy (non-hydrogen) atoms. The lowest BCUT2D eigenvalue weighted by atomic mass is 9.87. The Morgan fingerprint density at radius 1 is 0.489 bits per heavy atom. The minimum Gasteiger partial charge on any atom is -0.493 e. The number of rotatable bonds is 39. The Kier molecular flexibility index (Phi) is 34.2. The summed E-state index contributed by atoms with van der Waals surface area (Å²) in [7, 11) is 6.04.